The second-order valence-electron chi connectivity index (χ2n) is 15.6. The van der Waals surface area contributed by atoms with Gasteiger partial charge in [0.15, 0.2) is 0 Å². The van der Waals surface area contributed by atoms with Gasteiger partial charge in [-0.25, -0.2) is 32.9 Å². The molecule has 6 aromatic rings. The first-order valence-electron chi connectivity index (χ1n) is 19.0. The number of sulfonamides is 1. The molecular weight excluding hydrogens is 755 g/mol. The molecule has 2 saturated heterocycles. The minimum Gasteiger partial charge on any atom is -0.465 e. The predicted molar refractivity (Wildman–Crippen MR) is 216 cm³/mol. The van der Waals surface area contributed by atoms with Crippen LogP contribution in [0.15, 0.2) is 42.5 Å². The lowest BCUT2D eigenvalue weighted by atomic mass is 10.0. The van der Waals surface area contributed by atoms with Crippen LogP contribution >= 0.6 is 11.3 Å². The zero-order valence-electron chi connectivity index (χ0n) is 31.8. The topological polar surface area (TPSA) is 206 Å². The molecule has 4 atom stereocenters. The molecule has 0 saturated carbocycles. The lowest BCUT2D eigenvalue weighted by molar-refractivity contribution is -0.136. The van der Waals surface area contributed by atoms with Crippen LogP contribution in [-0.2, 0) is 19.6 Å². The average Bonchev–Trinajstić information content (AvgIpc) is 3.98. The highest BCUT2D eigenvalue weighted by molar-refractivity contribution is 7.88. The van der Waals surface area contributed by atoms with Crippen LogP contribution in [0.2, 0.25) is 0 Å². The van der Waals surface area contributed by atoms with Crippen molar-refractivity contribution in [2.75, 3.05) is 19.3 Å². The van der Waals surface area contributed by atoms with E-state index in [1.807, 2.05) is 64.1 Å². The molecule has 0 spiro atoms. The number of fused-ring (bicyclic) bond motifs is 6. The van der Waals surface area contributed by atoms with E-state index >= 15 is 0 Å². The number of amides is 3. The van der Waals surface area contributed by atoms with Gasteiger partial charge in [0.25, 0.3) is 0 Å². The SMILES string of the molecule is CC(C)[C@H](NC(=O)O)C(=O)N1CCC[C@H]1c1nc2c(ccc3cc(-c4nc5ccc6[nH]c([C@@H]7CCCN7C(=O)[C@@H](NS(C)(=O)=O)C(C)C)nc6c5s4)ccc32)[nH]1. The number of hydrogen-bond acceptors (Lipinski definition) is 9. The molecule has 3 aromatic heterocycles. The second-order valence-corrected chi connectivity index (χ2v) is 18.4. The Morgan fingerprint density at radius 3 is 2.02 bits per heavy atom. The van der Waals surface area contributed by atoms with E-state index in [-0.39, 0.29) is 35.7 Å². The highest BCUT2D eigenvalue weighted by Gasteiger charge is 2.39. The number of benzene rings is 3. The Hall–Kier alpha value is -5.13. The van der Waals surface area contributed by atoms with Crippen LogP contribution < -0.4 is 10.0 Å². The van der Waals surface area contributed by atoms with E-state index in [2.05, 4.69) is 26.1 Å². The monoisotopic (exact) mass is 799 g/mol. The Labute approximate surface area is 327 Å². The summed E-state index contributed by atoms with van der Waals surface area (Å²) in [6.45, 7) is 8.38. The molecule has 0 radical (unpaired) electrons. The summed E-state index contributed by atoms with van der Waals surface area (Å²) in [5, 5.41) is 14.5. The van der Waals surface area contributed by atoms with E-state index in [1.165, 1.54) is 0 Å². The fraction of sp³-hybridized carbons (Fsp3) is 0.436. The van der Waals surface area contributed by atoms with Gasteiger partial charge in [0.05, 0.1) is 45.1 Å². The number of aromatic amines is 2. The van der Waals surface area contributed by atoms with Crippen LogP contribution in [-0.4, -0.2) is 97.6 Å². The molecule has 5 heterocycles. The third-order valence-electron chi connectivity index (χ3n) is 10.9. The molecule has 294 valence electrons. The Balaban J connectivity index is 1.07. The molecule has 56 heavy (non-hydrogen) atoms. The minimum atomic E-state index is -3.59. The summed E-state index contributed by atoms with van der Waals surface area (Å²) >= 11 is 1.55. The lowest BCUT2D eigenvalue weighted by Gasteiger charge is -2.29. The number of likely N-dealkylation sites (tertiary alicyclic amines) is 2. The van der Waals surface area contributed by atoms with Crippen molar-refractivity contribution < 1.29 is 27.9 Å². The van der Waals surface area contributed by atoms with Crippen LogP contribution in [0.4, 0.5) is 4.79 Å². The van der Waals surface area contributed by atoms with Crippen molar-refractivity contribution in [3.05, 3.63) is 54.1 Å². The first-order valence-corrected chi connectivity index (χ1v) is 21.7. The molecule has 3 aromatic carbocycles. The number of H-pyrrole nitrogens is 2. The van der Waals surface area contributed by atoms with Crippen molar-refractivity contribution in [3.8, 4) is 10.6 Å². The maximum absolute atomic E-state index is 13.7. The number of nitrogens with one attached hydrogen (secondary N) is 4. The molecule has 2 aliphatic rings. The van der Waals surface area contributed by atoms with Crippen molar-refractivity contribution in [2.45, 2.75) is 77.5 Å². The largest absolute Gasteiger partial charge is 0.465 e. The van der Waals surface area contributed by atoms with Crippen molar-refractivity contribution in [1.82, 2.24) is 44.8 Å². The van der Waals surface area contributed by atoms with E-state index < -0.39 is 28.2 Å². The van der Waals surface area contributed by atoms with E-state index in [0.717, 1.165) is 79.1 Å². The third-order valence-corrected chi connectivity index (χ3v) is 12.8. The number of thiazole rings is 1. The second kappa shape index (κ2) is 14.4. The first kappa shape index (κ1) is 37.8. The number of carbonyl (C=O) groups excluding carboxylic acids is 2. The Bertz CT molecular complexity index is 2630. The van der Waals surface area contributed by atoms with Crippen molar-refractivity contribution in [1.29, 1.82) is 0 Å². The summed E-state index contributed by atoms with van der Waals surface area (Å²) in [5.74, 6) is 0.433. The van der Waals surface area contributed by atoms with Crippen molar-refractivity contribution in [2.24, 2.45) is 11.8 Å². The summed E-state index contributed by atoms with van der Waals surface area (Å²) in [6, 6.07) is 11.9. The van der Waals surface area contributed by atoms with Gasteiger partial charge < -0.3 is 30.2 Å². The van der Waals surface area contributed by atoms with Crippen LogP contribution in [0, 0.1) is 11.8 Å². The van der Waals surface area contributed by atoms with Crippen LogP contribution in [0.25, 0.3) is 53.6 Å². The minimum absolute atomic E-state index is 0.204. The van der Waals surface area contributed by atoms with Crippen molar-refractivity contribution in [3.63, 3.8) is 0 Å². The van der Waals surface area contributed by atoms with E-state index in [9.17, 15) is 27.9 Å². The van der Waals surface area contributed by atoms with Gasteiger partial charge in [-0.05, 0) is 67.2 Å². The molecule has 2 fully saturated rings. The van der Waals surface area contributed by atoms with Crippen LogP contribution in [0.5, 0.6) is 0 Å². The summed E-state index contributed by atoms with van der Waals surface area (Å²) in [6.07, 6.45) is 2.88. The number of aromatic nitrogens is 5. The molecular formula is C39H45N9O6S2. The van der Waals surface area contributed by atoms with E-state index in [0.29, 0.717) is 31.2 Å². The van der Waals surface area contributed by atoms with Gasteiger partial charge in [-0.15, -0.1) is 11.3 Å². The van der Waals surface area contributed by atoms with Gasteiger partial charge in [-0.3, -0.25) is 9.59 Å². The maximum Gasteiger partial charge on any atom is 0.405 e. The molecule has 3 amide bonds. The van der Waals surface area contributed by atoms with Gasteiger partial charge in [0.1, 0.15) is 34.3 Å². The number of carbonyl (C=O) groups is 3. The van der Waals surface area contributed by atoms with E-state index in [4.69, 9.17) is 15.0 Å². The number of hydrogen-bond donors (Lipinski definition) is 5. The van der Waals surface area contributed by atoms with Crippen molar-refractivity contribution >= 4 is 82.3 Å². The zero-order valence-corrected chi connectivity index (χ0v) is 33.4. The molecule has 0 aliphatic carbocycles. The van der Waals surface area contributed by atoms with Gasteiger partial charge in [0.2, 0.25) is 21.8 Å². The summed E-state index contributed by atoms with van der Waals surface area (Å²) < 4.78 is 27.6. The fourth-order valence-electron chi connectivity index (χ4n) is 8.21. The van der Waals surface area contributed by atoms with Gasteiger partial charge >= 0.3 is 6.09 Å². The third kappa shape index (κ3) is 6.96. The molecule has 2 aliphatic heterocycles. The number of carboxylic acid groups (broad SMARTS) is 1. The number of rotatable bonds is 10. The predicted octanol–water partition coefficient (Wildman–Crippen LogP) is 6.06. The number of imidazole rings is 2. The standard InChI is InChI=1S/C39H45N9O6S2/c1-19(2)29(45-39(51)52)37(49)47-16-6-8-27(47)34-40-24-13-11-21-18-22(10-12-23(21)31(24)43-34)36-42-26-15-14-25-32(33(26)55-36)44-35(41-25)28-9-7-17-48(28)38(50)30(20(3)4)46-56(5,53)54/h10-15,18-20,27-30,45-46H,6-9,16-17H2,1-5H3,(H,40,43)(H,41,44)(H,51,52)/t27-,28-,29-,30-/m0/s1. The average molecular weight is 800 g/mol. The zero-order chi connectivity index (χ0) is 39.6. The molecule has 0 bridgehead atoms. The van der Waals surface area contributed by atoms with E-state index in [1.54, 1.807) is 21.1 Å². The Morgan fingerprint density at radius 2 is 1.41 bits per heavy atom. The van der Waals surface area contributed by atoms with Gasteiger partial charge in [-0.2, -0.15) is 0 Å². The van der Waals surface area contributed by atoms with Gasteiger partial charge in [0, 0.05) is 24.0 Å². The maximum atomic E-state index is 13.7. The number of nitrogens with zero attached hydrogens (tertiary/aromatic N) is 5. The Morgan fingerprint density at radius 1 is 0.821 bits per heavy atom. The normalized spacial score (nSPS) is 19.0. The molecule has 5 N–H and O–H groups in total. The smallest absolute Gasteiger partial charge is 0.405 e. The summed E-state index contributed by atoms with van der Waals surface area (Å²) in [7, 11) is -3.59. The quantitative estimate of drug-likeness (QED) is 0.109. The van der Waals surface area contributed by atoms with Gasteiger partial charge in [-0.1, -0.05) is 45.9 Å². The summed E-state index contributed by atoms with van der Waals surface area (Å²) in [5.41, 5.74) is 5.03. The fourth-order valence-corrected chi connectivity index (χ4v) is 10.1. The highest BCUT2D eigenvalue weighted by atomic mass is 32.2. The first-order chi connectivity index (χ1) is 26.7. The highest BCUT2D eigenvalue weighted by Crippen LogP contribution is 2.39. The van der Waals surface area contributed by atoms with Crippen LogP contribution in [0.1, 0.15) is 77.1 Å². The molecule has 15 nitrogen and oxygen atoms in total. The molecule has 0 unspecified atom stereocenters. The molecule has 8 rings (SSSR count). The van der Waals surface area contributed by atoms with Crippen LogP contribution in [0.3, 0.4) is 0 Å². The lowest BCUT2D eigenvalue weighted by Crippen LogP contribution is -2.50. The Kier molecular flexibility index (Phi) is 9.73. The summed E-state index contributed by atoms with van der Waals surface area (Å²) in [4.78, 5) is 64.1. The molecule has 17 heteroatoms.